The fourth-order valence-corrected chi connectivity index (χ4v) is 4.35. The summed E-state index contributed by atoms with van der Waals surface area (Å²) in [6, 6.07) is 15.1. The summed E-state index contributed by atoms with van der Waals surface area (Å²) in [7, 11) is 1.60. The lowest BCUT2D eigenvalue weighted by atomic mass is 10.1. The number of aromatic hydroxyl groups is 1. The van der Waals surface area contributed by atoms with Crippen molar-refractivity contribution in [1.82, 2.24) is 9.13 Å². The molecule has 1 N–H and O–H groups in total. The Labute approximate surface area is 231 Å². The molecule has 212 valence electrons. The summed E-state index contributed by atoms with van der Waals surface area (Å²) in [5.74, 6) is 0.886. The highest BCUT2D eigenvalue weighted by molar-refractivity contribution is 5.79. The first-order valence-electron chi connectivity index (χ1n) is 13.5. The van der Waals surface area contributed by atoms with Crippen LogP contribution in [0.2, 0.25) is 0 Å². The van der Waals surface area contributed by atoms with Gasteiger partial charge in [-0.1, -0.05) is 31.2 Å². The summed E-state index contributed by atoms with van der Waals surface area (Å²) in [6.07, 6.45) is 2.87. The molecule has 0 aliphatic rings. The van der Waals surface area contributed by atoms with Gasteiger partial charge in [-0.15, -0.1) is 0 Å². The molecule has 0 amide bonds. The van der Waals surface area contributed by atoms with Gasteiger partial charge >= 0.3 is 11.7 Å². The van der Waals surface area contributed by atoms with Gasteiger partial charge in [-0.25, -0.2) is 9.59 Å². The second-order valence-electron chi connectivity index (χ2n) is 11.3. The van der Waals surface area contributed by atoms with Gasteiger partial charge in [0.15, 0.2) is 5.60 Å². The molecule has 8 heteroatoms. The summed E-state index contributed by atoms with van der Waals surface area (Å²) < 4.78 is 19.8. The lowest BCUT2D eigenvalue weighted by molar-refractivity contribution is -0.170. The lowest BCUT2D eigenvalue weighted by Gasteiger charge is -2.29. The molecule has 0 atom stereocenters. The maximum atomic E-state index is 13.2. The maximum Gasteiger partial charge on any atom is 0.350 e. The fourth-order valence-electron chi connectivity index (χ4n) is 4.35. The van der Waals surface area contributed by atoms with Gasteiger partial charge in [0.05, 0.1) is 19.3 Å². The van der Waals surface area contributed by atoms with Crippen LogP contribution in [0.3, 0.4) is 0 Å². The van der Waals surface area contributed by atoms with E-state index >= 15 is 0 Å². The molecule has 1 heterocycles. The topological polar surface area (TPSA) is 91.9 Å². The Morgan fingerprint density at radius 3 is 2.23 bits per heavy atom. The number of ether oxygens (including phenoxy) is 3. The van der Waals surface area contributed by atoms with Gasteiger partial charge < -0.3 is 19.3 Å². The second-order valence-corrected chi connectivity index (χ2v) is 11.3. The third-order valence-corrected chi connectivity index (χ3v) is 6.29. The number of methoxy groups -OCH3 is 1. The van der Waals surface area contributed by atoms with Crippen molar-refractivity contribution in [3.63, 3.8) is 0 Å². The maximum absolute atomic E-state index is 13.2. The Morgan fingerprint density at radius 1 is 0.923 bits per heavy atom. The summed E-state index contributed by atoms with van der Waals surface area (Å²) in [5.41, 5.74) is 0.716. The van der Waals surface area contributed by atoms with Crippen molar-refractivity contribution in [2.75, 3.05) is 7.11 Å². The minimum absolute atomic E-state index is 0.0180. The Hall–Kier alpha value is -3.68. The van der Waals surface area contributed by atoms with Crippen molar-refractivity contribution >= 4 is 5.97 Å². The van der Waals surface area contributed by atoms with E-state index in [-0.39, 0.29) is 18.1 Å². The van der Waals surface area contributed by atoms with Crippen LogP contribution in [-0.4, -0.2) is 38.5 Å². The Balaban J connectivity index is 1.67. The van der Waals surface area contributed by atoms with Crippen LogP contribution >= 0.6 is 0 Å². The van der Waals surface area contributed by atoms with Crippen LogP contribution < -0.4 is 15.2 Å². The molecule has 3 aromatic rings. The molecule has 39 heavy (non-hydrogen) atoms. The van der Waals surface area contributed by atoms with Gasteiger partial charge in [0.1, 0.15) is 17.1 Å². The molecular weight excluding hydrogens is 496 g/mol. The average Bonchev–Trinajstić information content (AvgIpc) is 3.08. The zero-order valence-corrected chi connectivity index (χ0v) is 24.2. The lowest BCUT2D eigenvalue weighted by Crippen LogP contribution is -2.43. The summed E-state index contributed by atoms with van der Waals surface area (Å²) >= 11 is 0. The van der Waals surface area contributed by atoms with Gasteiger partial charge in [-0.3, -0.25) is 9.13 Å². The van der Waals surface area contributed by atoms with Crippen LogP contribution in [0.15, 0.2) is 53.3 Å². The molecule has 0 aliphatic heterocycles. The van der Waals surface area contributed by atoms with Crippen molar-refractivity contribution in [1.29, 1.82) is 0 Å². The number of carbonyl (C=O) groups excluding carboxylic acids is 1. The number of imidazole rings is 1. The minimum Gasteiger partial charge on any atom is -0.497 e. The van der Waals surface area contributed by atoms with Crippen molar-refractivity contribution in [3.05, 3.63) is 75.8 Å². The normalized spacial score (nSPS) is 11.9. The molecule has 3 rings (SSSR count). The zero-order valence-electron chi connectivity index (χ0n) is 24.2. The van der Waals surface area contributed by atoms with Crippen molar-refractivity contribution in [3.8, 4) is 17.4 Å². The van der Waals surface area contributed by atoms with Crippen LogP contribution in [0.1, 0.15) is 71.2 Å². The summed E-state index contributed by atoms with van der Waals surface area (Å²) in [4.78, 5) is 25.6. The van der Waals surface area contributed by atoms with E-state index in [2.05, 4.69) is 0 Å². The van der Waals surface area contributed by atoms with Crippen molar-refractivity contribution in [2.45, 2.75) is 91.5 Å². The van der Waals surface area contributed by atoms with Gasteiger partial charge in [0, 0.05) is 6.54 Å². The molecule has 2 aromatic carbocycles. The molecule has 0 fully saturated rings. The van der Waals surface area contributed by atoms with Crippen LogP contribution in [-0.2, 0) is 35.5 Å². The van der Waals surface area contributed by atoms with E-state index in [1.807, 2.05) is 76.2 Å². The molecule has 0 saturated heterocycles. The molecule has 0 bridgehead atoms. The fraction of sp³-hybridized carbons (Fsp3) is 0.484. The minimum atomic E-state index is -1.12. The smallest absolute Gasteiger partial charge is 0.350 e. The predicted octanol–water partition coefficient (Wildman–Crippen LogP) is 5.50. The van der Waals surface area contributed by atoms with Crippen LogP contribution in [0.4, 0.5) is 0 Å². The number of esters is 1. The summed E-state index contributed by atoms with van der Waals surface area (Å²) in [5, 5.41) is 11.0. The highest BCUT2D eigenvalue weighted by Gasteiger charge is 2.34. The van der Waals surface area contributed by atoms with Gasteiger partial charge in [0.2, 0.25) is 5.88 Å². The van der Waals surface area contributed by atoms with E-state index in [1.165, 1.54) is 4.57 Å². The third kappa shape index (κ3) is 7.91. The number of nitrogens with zero attached hydrogens (tertiary/aromatic N) is 2. The Morgan fingerprint density at radius 2 is 1.62 bits per heavy atom. The number of benzene rings is 2. The quantitative estimate of drug-likeness (QED) is 0.306. The Bertz CT molecular complexity index is 1310. The van der Waals surface area contributed by atoms with E-state index in [1.54, 1.807) is 25.5 Å². The second kappa shape index (κ2) is 12.5. The van der Waals surface area contributed by atoms with E-state index in [4.69, 9.17) is 14.2 Å². The zero-order chi connectivity index (χ0) is 28.8. The van der Waals surface area contributed by atoms with Crippen molar-refractivity contribution in [2.24, 2.45) is 0 Å². The molecule has 0 radical (unpaired) electrons. The molecule has 0 saturated carbocycles. The number of aryl methyl sites for hydroxylation is 1. The summed E-state index contributed by atoms with van der Waals surface area (Å²) in [6.45, 7) is 11.7. The van der Waals surface area contributed by atoms with Gasteiger partial charge in [-0.05, 0) is 95.7 Å². The first kappa shape index (κ1) is 29.9. The van der Waals surface area contributed by atoms with E-state index in [0.29, 0.717) is 30.2 Å². The number of rotatable bonds is 12. The number of hydrogen-bond acceptors (Lipinski definition) is 6. The van der Waals surface area contributed by atoms with Gasteiger partial charge in [-0.2, -0.15) is 0 Å². The van der Waals surface area contributed by atoms with Crippen LogP contribution in [0, 0.1) is 0 Å². The number of hydrogen-bond donors (Lipinski definition) is 1. The van der Waals surface area contributed by atoms with Crippen LogP contribution in [0.25, 0.3) is 0 Å². The monoisotopic (exact) mass is 538 g/mol. The van der Waals surface area contributed by atoms with E-state index in [0.717, 1.165) is 30.4 Å². The predicted molar refractivity (Wildman–Crippen MR) is 152 cm³/mol. The first-order valence-corrected chi connectivity index (χ1v) is 13.5. The highest BCUT2D eigenvalue weighted by Crippen LogP contribution is 2.24. The molecule has 0 spiro atoms. The van der Waals surface area contributed by atoms with E-state index in [9.17, 15) is 14.7 Å². The van der Waals surface area contributed by atoms with Gasteiger partial charge in [0.25, 0.3) is 0 Å². The molecule has 0 aliphatic carbocycles. The molecule has 1 aromatic heterocycles. The van der Waals surface area contributed by atoms with Crippen molar-refractivity contribution < 1.29 is 24.1 Å². The highest BCUT2D eigenvalue weighted by atomic mass is 16.6. The molecule has 0 unspecified atom stereocenters. The largest absolute Gasteiger partial charge is 0.497 e. The van der Waals surface area contributed by atoms with Crippen LogP contribution in [0.5, 0.6) is 17.4 Å². The van der Waals surface area contributed by atoms with E-state index < -0.39 is 17.2 Å². The molecular formula is C31H42N2O6. The first-order chi connectivity index (χ1) is 18.3. The average molecular weight is 539 g/mol. The third-order valence-electron chi connectivity index (χ3n) is 6.29. The number of carbonyl (C=O) groups is 1. The standard InChI is InChI=1S/C31H42N2O6/c1-8-19-32-26(27(34)33(29(32)36)21-23-12-9-13-25(20-23)37-7)14-10-11-22-15-17-24(18-16-22)38-31(5,6)28(35)39-30(2,3)4/h9,12-13,15-18,20,34H,8,10-11,14,19,21H2,1-7H3. The number of aromatic nitrogens is 2. The molecule has 8 nitrogen and oxygen atoms in total. The SMILES string of the molecule is CCCn1c(CCCc2ccc(OC(C)(C)C(=O)OC(C)(C)C)cc2)c(O)n(Cc2cccc(OC)c2)c1=O. The Kier molecular flexibility index (Phi) is 9.54.